The average molecular weight is 332 g/mol. The summed E-state index contributed by atoms with van der Waals surface area (Å²) in [5, 5.41) is 10.5. The Labute approximate surface area is 126 Å². The van der Waals surface area contributed by atoms with E-state index in [9.17, 15) is 9.90 Å². The van der Waals surface area contributed by atoms with Crippen molar-refractivity contribution in [2.75, 3.05) is 11.9 Å². The number of amides is 1. The Bertz CT molecular complexity index is 684. The fourth-order valence-electron chi connectivity index (χ4n) is 2.53. The summed E-state index contributed by atoms with van der Waals surface area (Å²) in [6, 6.07) is 13.3. The molecule has 0 saturated carbocycles. The fourth-order valence-corrected chi connectivity index (χ4v) is 2.95. The molecule has 2 aromatic rings. The maximum atomic E-state index is 11.7. The molecular weight excluding hydrogens is 318 g/mol. The van der Waals surface area contributed by atoms with E-state index in [-0.39, 0.29) is 5.91 Å². The Morgan fingerprint density at radius 1 is 1.20 bits per heavy atom. The van der Waals surface area contributed by atoms with Crippen LogP contribution in [0.1, 0.15) is 22.8 Å². The summed E-state index contributed by atoms with van der Waals surface area (Å²) in [6.07, 6.45) is -0.274. The Hall–Kier alpha value is -1.65. The second-order valence-corrected chi connectivity index (χ2v) is 5.89. The highest BCUT2D eigenvalue weighted by molar-refractivity contribution is 9.10. The number of benzene rings is 2. The standard InChI is InChI=1S/C16H14BrNO2/c1-18-14-6-5-11(7-12(14)9-15(18)19)16(20)10-3-2-4-13(17)8-10/h2-8,16,20H,9H2,1H3. The van der Waals surface area contributed by atoms with E-state index in [0.717, 1.165) is 26.9 Å². The molecule has 1 aliphatic heterocycles. The van der Waals surface area contributed by atoms with E-state index >= 15 is 0 Å². The minimum absolute atomic E-state index is 0.0918. The van der Waals surface area contributed by atoms with Gasteiger partial charge in [0.2, 0.25) is 5.91 Å². The van der Waals surface area contributed by atoms with Crippen LogP contribution in [0, 0.1) is 0 Å². The first-order valence-electron chi connectivity index (χ1n) is 6.39. The molecule has 1 heterocycles. The van der Waals surface area contributed by atoms with Gasteiger partial charge in [-0.1, -0.05) is 40.2 Å². The number of halogens is 1. The summed E-state index contributed by atoms with van der Waals surface area (Å²) in [4.78, 5) is 13.3. The quantitative estimate of drug-likeness (QED) is 0.918. The molecule has 3 nitrogen and oxygen atoms in total. The van der Waals surface area contributed by atoms with Crippen LogP contribution in [0.2, 0.25) is 0 Å². The zero-order chi connectivity index (χ0) is 14.3. The number of rotatable bonds is 2. The number of hydrogen-bond donors (Lipinski definition) is 1. The summed E-state index contributed by atoms with van der Waals surface area (Å²) in [7, 11) is 1.78. The number of aliphatic hydroxyl groups excluding tert-OH is 1. The minimum Gasteiger partial charge on any atom is -0.384 e. The van der Waals surface area contributed by atoms with Crippen molar-refractivity contribution in [1.29, 1.82) is 0 Å². The highest BCUT2D eigenvalue weighted by Gasteiger charge is 2.25. The van der Waals surface area contributed by atoms with Gasteiger partial charge in [0.05, 0.1) is 6.42 Å². The Morgan fingerprint density at radius 2 is 1.95 bits per heavy atom. The molecule has 0 radical (unpaired) electrons. The molecule has 0 spiro atoms. The Balaban J connectivity index is 1.96. The average Bonchev–Trinajstić information content (AvgIpc) is 2.73. The number of carbonyl (C=O) groups is 1. The molecule has 4 heteroatoms. The second-order valence-electron chi connectivity index (χ2n) is 4.98. The van der Waals surface area contributed by atoms with Gasteiger partial charge in [-0.05, 0) is 34.9 Å². The second kappa shape index (κ2) is 5.04. The van der Waals surface area contributed by atoms with E-state index in [4.69, 9.17) is 0 Å². The number of hydrogen-bond acceptors (Lipinski definition) is 2. The molecular formula is C16H14BrNO2. The van der Waals surface area contributed by atoms with Gasteiger partial charge in [0.15, 0.2) is 0 Å². The lowest BCUT2D eigenvalue weighted by Crippen LogP contribution is -2.20. The molecule has 1 unspecified atom stereocenters. The number of likely N-dealkylation sites (N-methyl/N-ethyl adjacent to an activating group) is 1. The van der Waals surface area contributed by atoms with Gasteiger partial charge < -0.3 is 10.0 Å². The molecule has 1 amide bonds. The fraction of sp³-hybridized carbons (Fsp3) is 0.188. The summed E-state index contributed by atoms with van der Waals surface area (Å²) in [5.74, 6) is 0.0918. The molecule has 0 aliphatic carbocycles. The zero-order valence-corrected chi connectivity index (χ0v) is 12.6. The Morgan fingerprint density at radius 3 is 2.70 bits per heavy atom. The van der Waals surface area contributed by atoms with Crippen molar-refractivity contribution in [3.63, 3.8) is 0 Å². The predicted octanol–water partition coefficient (Wildman–Crippen LogP) is 3.05. The predicted molar refractivity (Wildman–Crippen MR) is 81.8 cm³/mol. The summed E-state index contributed by atoms with van der Waals surface area (Å²) < 4.78 is 0.935. The van der Waals surface area contributed by atoms with Gasteiger partial charge in [-0.2, -0.15) is 0 Å². The van der Waals surface area contributed by atoms with Crippen molar-refractivity contribution in [3.05, 3.63) is 63.6 Å². The highest BCUT2D eigenvalue weighted by Crippen LogP contribution is 2.32. The molecule has 1 aliphatic rings. The molecule has 0 aromatic heterocycles. The van der Waals surface area contributed by atoms with Crippen molar-refractivity contribution < 1.29 is 9.90 Å². The maximum Gasteiger partial charge on any atom is 0.231 e. The van der Waals surface area contributed by atoms with Crippen molar-refractivity contribution in [2.24, 2.45) is 0 Å². The van der Waals surface area contributed by atoms with Crippen LogP contribution in [0.25, 0.3) is 0 Å². The van der Waals surface area contributed by atoms with Crippen LogP contribution < -0.4 is 4.90 Å². The molecule has 102 valence electrons. The van der Waals surface area contributed by atoms with Crippen molar-refractivity contribution in [3.8, 4) is 0 Å². The van der Waals surface area contributed by atoms with Crippen molar-refractivity contribution >= 4 is 27.5 Å². The molecule has 2 aromatic carbocycles. The Kier molecular flexibility index (Phi) is 3.36. The van der Waals surface area contributed by atoms with Crippen LogP contribution in [0.4, 0.5) is 5.69 Å². The smallest absolute Gasteiger partial charge is 0.231 e. The number of anilines is 1. The number of fused-ring (bicyclic) bond motifs is 1. The lowest BCUT2D eigenvalue weighted by atomic mass is 9.99. The third-order valence-electron chi connectivity index (χ3n) is 3.66. The van der Waals surface area contributed by atoms with Crippen molar-refractivity contribution in [1.82, 2.24) is 0 Å². The van der Waals surface area contributed by atoms with Crippen LogP contribution in [-0.2, 0) is 11.2 Å². The molecule has 0 bridgehead atoms. The number of nitrogens with zero attached hydrogens (tertiary/aromatic N) is 1. The maximum absolute atomic E-state index is 11.7. The van der Waals surface area contributed by atoms with Crippen LogP contribution in [0.5, 0.6) is 0 Å². The SMILES string of the molecule is CN1C(=O)Cc2cc(C(O)c3cccc(Br)c3)ccc21. The van der Waals surface area contributed by atoms with E-state index < -0.39 is 6.10 Å². The third kappa shape index (κ3) is 2.25. The van der Waals surface area contributed by atoms with Gasteiger partial charge in [0, 0.05) is 17.2 Å². The van der Waals surface area contributed by atoms with Gasteiger partial charge in [0.1, 0.15) is 6.10 Å². The third-order valence-corrected chi connectivity index (χ3v) is 4.15. The first-order chi connectivity index (χ1) is 9.56. The van der Waals surface area contributed by atoms with E-state index in [1.807, 2.05) is 42.5 Å². The van der Waals surface area contributed by atoms with Crippen molar-refractivity contribution in [2.45, 2.75) is 12.5 Å². The molecule has 0 fully saturated rings. The normalized spacial score (nSPS) is 15.3. The first kappa shape index (κ1) is 13.3. The van der Waals surface area contributed by atoms with E-state index in [0.29, 0.717) is 6.42 Å². The summed E-state index contributed by atoms with van der Waals surface area (Å²) in [5.41, 5.74) is 3.55. The van der Waals surface area contributed by atoms with Gasteiger partial charge in [-0.25, -0.2) is 0 Å². The van der Waals surface area contributed by atoms with Crippen LogP contribution >= 0.6 is 15.9 Å². The van der Waals surface area contributed by atoms with Crippen LogP contribution in [0.15, 0.2) is 46.9 Å². The zero-order valence-electron chi connectivity index (χ0n) is 11.0. The van der Waals surface area contributed by atoms with Gasteiger partial charge >= 0.3 is 0 Å². The lowest BCUT2D eigenvalue weighted by Gasteiger charge is -2.14. The van der Waals surface area contributed by atoms with Crippen LogP contribution in [-0.4, -0.2) is 18.1 Å². The minimum atomic E-state index is -0.682. The van der Waals surface area contributed by atoms with Gasteiger partial charge in [-0.3, -0.25) is 4.79 Å². The molecule has 1 atom stereocenters. The molecule has 3 rings (SSSR count). The van der Waals surface area contributed by atoms with Gasteiger partial charge in [0.25, 0.3) is 0 Å². The number of aliphatic hydroxyl groups is 1. The monoisotopic (exact) mass is 331 g/mol. The number of carbonyl (C=O) groups excluding carboxylic acids is 1. The molecule has 1 N–H and O–H groups in total. The molecule has 0 saturated heterocycles. The van der Waals surface area contributed by atoms with Crippen LogP contribution in [0.3, 0.4) is 0 Å². The summed E-state index contributed by atoms with van der Waals surface area (Å²) in [6.45, 7) is 0. The van der Waals surface area contributed by atoms with E-state index in [1.165, 1.54) is 0 Å². The largest absolute Gasteiger partial charge is 0.384 e. The lowest BCUT2D eigenvalue weighted by molar-refractivity contribution is -0.117. The van der Waals surface area contributed by atoms with Gasteiger partial charge in [-0.15, -0.1) is 0 Å². The molecule has 20 heavy (non-hydrogen) atoms. The van der Waals surface area contributed by atoms with E-state index in [1.54, 1.807) is 11.9 Å². The van der Waals surface area contributed by atoms with E-state index in [2.05, 4.69) is 15.9 Å². The highest BCUT2D eigenvalue weighted by atomic mass is 79.9. The first-order valence-corrected chi connectivity index (χ1v) is 7.18. The summed E-state index contributed by atoms with van der Waals surface area (Å²) >= 11 is 3.41. The topological polar surface area (TPSA) is 40.5 Å².